The Morgan fingerprint density at radius 3 is 2.37 bits per heavy atom. The standard InChI is InChI=1S/C27H28N4O4/c1-16-4-9-20(10-5-16)29-23(32)15-35-22-13-21(30(2)3)11-8-19(22)14-28-31-26(33)24-17-6-7-18(12-17)25(24)27(31)34/h4-11,13-14,17-18,24-25H,12,15H2,1-3H3,(H,29,32)/t17-,18-,24-,25+/m0/s1. The zero-order valence-corrected chi connectivity index (χ0v) is 20.0. The van der Waals surface area contributed by atoms with Gasteiger partial charge in [-0.15, -0.1) is 0 Å². The minimum absolute atomic E-state index is 0.131. The molecular weight excluding hydrogens is 444 g/mol. The highest BCUT2D eigenvalue weighted by Crippen LogP contribution is 2.52. The molecule has 3 aliphatic rings. The first-order valence-electron chi connectivity index (χ1n) is 11.7. The van der Waals surface area contributed by atoms with E-state index in [1.807, 2.05) is 56.3 Å². The number of nitrogens with zero attached hydrogens (tertiary/aromatic N) is 3. The zero-order chi connectivity index (χ0) is 24.7. The number of carbonyl (C=O) groups excluding carboxylic acids is 3. The Balaban J connectivity index is 1.31. The van der Waals surface area contributed by atoms with Crippen LogP contribution in [-0.2, 0) is 14.4 Å². The van der Waals surface area contributed by atoms with Crippen LogP contribution < -0.4 is 15.0 Å². The summed E-state index contributed by atoms with van der Waals surface area (Å²) in [5, 5.41) is 8.08. The molecule has 2 aromatic rings. The molecule has 0 radical (unpaired) electrons. The molecule has 0 spiro atoms. The van der Waals surface area contributed by atoms with Crippen LogP contribution in [0.3, 0.4) is 0 Å². The van der Waals surface area contributed by atoms with Crippen molar-refractivity contribution >= 4 is 35.3 Å². The molecule has 1 heterocycles. The van der Waals surface area contributed by atoms with Crippen molar-refractivity contribution in [2.24, 2.45) is 28.8 Å². The maximum atomic E-state index is 12.9. The first-order chi connectivity index (χ1) is 16.8. The second-order valence-corrected chi connectivity index (χ2v) is 9.55. The molecule has 1 saturated heterocycles. The van der Waals surface area contributed by atoms with Gasteiger partial charge in [0.25, 0.3) is 17.7 Å². The predicted octanol–water partition coefficient (Wildman–Crippen LogP) is 3.22. The number of benzene rings is 2. The number of aryl methyl sites for hydroxylation is 1. The number of hydrogen-bond donors (Lipinski definition) is 1. The lowest BCUT2D eigenvalue weighted by Gasteiger charge is -2.16. The summed E-state index contributed by atoms with van der Waals surface area (Å²) in [6.07, 6.45) is 6.44. The van der Waals surface area contributed by atoms with Crippen molar-refractivity contribution in [3.63, 3.8) is 0 Å². The molecule has 35 heavy (non-hydrogen) atoms. The number of ether oxygens (including phenoxy) is 1. The van der Waals surface area contributed by atoms with E-state index in [0.29, 0.717) is 17.0 Å². The van der Waals surface area contributed by atoms with Crippen molar-refractivity contribution in [1.82, 2.24) is 5.01 Å². The Morgan fingerprint density at radius 1 is 1.09 bits per heavy atom. The van der Waals surface area contributed by atoms with E-state index in [1.165, 1.54) is 6.21 Å². The van der Waals surface area contributed by atoms with Gasteiger partial charge in [-0.05, 0) is 49.4 Å². The van der Waals surface area contributed by atoms with E-state index in [0.717, 1.165) is 22.7 Å². The molecule has 0 aromatic heterocycles. The quantitative estimate of drug-likeness (QED) is 0.380. The molecule has 2 fully saturated rings. The summed E-state index contributed by atoms with van der Waals surface area (Å²) in [5.74, 6) is -0.679. The number of hydrazone groups is 1. The Morgan fingerprint density at radius 2 is 1.74 bits per heavy atom. The van der Waals surface area contributed by atoms with E-state index < -0.39 is 0 Å². The van der Waals surface area contributed by atoms with E-state index in [4.69, 9.17) is 4.74 Å². The first kappa shape index (κ1) is 22.8. The predicted molar refractivity (Wildman–Crippen MR) is 133 cm³/mol. The Bertz CT molecular complexity index is 1200. The summed E-state index contributed by atoms with van der Waals surface area (Å²) in [5.41, 5.74) is 3.23. The fourth-order valence-corrected chi connectivity index (χ4v) is 5.13. The van der Waals surface area contributed by atoms with Gasteiger partial charge in [-0.3, -0.25) is 14.4 Å². The van der Waals surface area contributed by atoms with Crippen LogP contribution in [0.1, 0.15) is 17.5 Å². The molecule has 3 amide bonds. The van der Waals surface area contributed by atoms with Gasteiger partial charge in [-0.2, -0.15) is 10.1 Å². The maximum absolute atomic E-state index is 12.9. The molecule has 2 bridgehead atoms. The van der Waals surface area contributed by atoms with Crippen LogP contribution in [0, 0.1) is 30.6 Å². The normalized spacial score (nSPS) is 24.4. The highest BCUT2D eigenvalue weighted by molar-refractivity contribution is 6.07. The van der Waals surface area contributed by atoms with Gasteiger partial charge in [0, 0.05) is 37.1 Å². The third-order valence-corrected chi connectivity index (χ3v) is 6.97. The monoisotopic (exact) mass is 472 g/mol. The first-order valence-corrected chi connectivity index (χ1v) is 11.7. The molecule has 2 aliphatic carbocycles. The van der Waals surface area contributed by atoms with Crippen molar-refractivity contribution in [1.29, 1.82) is 0 Å². The lowest BCUT2D eigenvalue weighted by Crippen LogP contribution is -2.28. The van der Waals surface area contributed by atoms with Gasteiger partial charge < -0.3 is 15.0 Å². The van der Waals surface area contributed by atoms with Crippen LogP contribution in [0.2, 0.25) is 0 Å². The summed E-state index contributed by atoms with van der Waals surface area (Å²) < 4.78 is 5.84. The molecule has 180 valence electrons. The average Bonchev–Trinajstić information content (AvgIpc) is 3.52. The van der Waals surface area contributed by atoms with E-state index in [9.17, 15) is 14.4 Å². The fourth-order valence-electron chi connectivity index (χ4n) is 5.13. The van der Waals surface area contributed by atoms with E-state index >= 15 is 0 Å². The van der Waals surface area contributed by atoms with Crippen LogP contribution in [-0.4, -0.2) is 49.6 Å². The van der Waals surface area contributed by atoms with Gasteiger partial charge in [-0.1, -0.05) is 29.8 Å². The summed E-state index contributed by atoms with van der Waals surface area (Å²) in [6.45, 7) is 1.78. The third kappa shape index (κ3) is 4.32. The highest BCUT2D eigenvalue weighted by atomic mass is 16.5. The zero-order valence-electron chi connectivity index (χ0n) is 20.0. The largest absolute Gasteiger partial charge is 0.483 e. The van der Waals surface area contributed by atoms with Gasteiger partial charge in [0.15, 0.2) is 6.61 Å². The third-order valence-electron chi connectivity index (χ3n) is 6.97. The van der Waals surface area contributed by atoms with Crippen LogP contribution in [0.15, 0.2) is 59.7 Å². The van der Waals surface area contributed by atoms with Gasteiger partial charge in [0.05, 0.1) is 18.1 Å². The second-order valence-electron chi connectivity index (χ2n) is 9.55. The summed E-state index contributed by atoms with van der Waals surface area (Å²) in [6, 6.07) is 13.0. The SMILES string of the molecule is Cc1ccc(NC(=O)COc2cc(N(C)C)ccc2C=NN2C(=O)[C@@H]3[C@H](C2=O)[C@H]2C=C[C@H]3C2)cc1. The molecule has 1 aliphatic heterocycles. The van der Waals surface area contributed by atoms with Gasteiger partial charge >= 0.3 is 0 Å². The number of anilines is 2. The molecule has 1 saturated carbocycles. The van der Waals surface area contributed by atoms with E-state index in [2.05, 4.69) is 22.6 Å². The Labute approximate surface area is 204 Å². The number of amides is 3. The topological polar surface area (TPSA) is 91.3 Å². The minimum Gasteiger partial charge on any atom is -0.483 e. The Hall–Kier alpha value is -3.94. The fraction of sp³-hybridized carbons (Fsp3) is 0.333. The Kier molecular flexibility index (Phi) is 5.88. The second kappa shape index (κ2) is 9.02. The van der Waals surface area contributed by atoms with Crippen LogP contribution >= 0.6 is 0 Å². The lowest BCUT2D eigenvalue weighted by atomic mass is 9.85. The van der Waals surface area contributed by atoms with Gasteiger partial charge in [0.2, 0.25) is 0 Å². The number of fused-ring (bicyclic) bond motifs is 5. The molecule has 0 unspecified atom stereocenters. The van der Waals surface area contributed by atoms with Crippen LogP contribution in [0.4, 0.5) is 11.4 Å². The number of carbonyl (C=O) groups is 3. The van der Waals surface area contributed by atoms with Crippen LogP contribution in [0.5, 0.6) is 5.75 Å². The summed E-state index contributed by atoms with van der Waals surface area (Å²) in [7, 11) is 3.80. The number of rotatable bonds is 7. The van der Waals surface area contributed by atoms with Crippen LogP contribution in [0.25, 0.3) is 0 Å². The number of imide groups is 1. The number of hydrogen-bond acceptors (Lipinski definition) is 6. The summed E-state index contributed by atoms with van der Waals surface area (Å²) in [4.78, 5) is 40.2. The molecule has 8 nitrogen and oxygen atoms in total. The van der Waals surface area contributed by atoms with Crippen molar-refractivity contribution in [3.8, 4) is 5.75 Å². The molecular formula is C27H28N4O4. The molecule has 4 atom stereocenters. The van der Waals surface area contributed by atoms with E-state index in [-0.39, 0.29) is 48.0 Å². The van der Waals surface area contributed by atoms with E-state index in [1.54, 1.807) is 12.1 Å². The highest BCUT2D eigenvalue weighted by Gasteiger charge is 2.59. The molecule has 1 N–H and O–H groups in total. The summed E-state index contributed by atoms with van der Waals surface area (Å²) >= 11 is 0. The minimum atomic E-state index is -0.299. The molecule has 8 heteroatoms. The number of nitrogens with one attached hydrogen (secondary N) is 1. The van der Waals surface area contributed by atoms with Crippen molar-refractivity contribution in [3.05, 3.63) is 65.7 Å². The molecule has 5 rings (SSSR count). The van der Waals surface area contributed by atoms with Gasteiger partial charge in [0.1, 0.15) is 5.75 Å². The number of allylic oxidation sites excluding steroid dienone is 2. The maximum Gasteiger partial charge on any atom is 0.262 e. The van der Waals surface area contributed by atoms with Crippen molar-refractivity contribution in [2.75, 3.05) is 30.9 Å². The van der Waals surface area contributed by atoms with Crippen molar-refractivity contribution < 1.29 is 19.1 Å². The average molecular weight is 473 g/mol. The van der Waals surface area contributed by atoms with Crippen molar-refractivity contribution in [2.45, 2.75) is 13.3 Å². The lowest BCUT2D eigenvalue weighted by molar-refractivity contribution is -0.140. The molecule has 2 aromatic carbocycles. The van der Waals surface area contributed by atoms with Gasteiger partial charge in [-0.25, -0.2) is 0 Å². The smallest absolute Gasteiger partial charge is 0.262 e.